The molecule has 2 aromatic heterocycles. The number of halogens is 3. The number of rotatable bonds is 5. The van der Waals surface area contributed by atoms with Crippen molar-refractivity contribution in [3.05, 3.63) is 46.5 Å². The number of aryl methyl sites for hydroxylation is 1. The first-order valence-corrected chi connectivity index (χ1v) is 15.2. The molecule has 2 N–H and O–H groups in total. The lowest BCUT2D eigenvalue weighted by molar-refractivity contribution is -0.137. The lowest BCUT2D eigenvalue weighted by Gasteiger charge is -2.34. The first-order chi connectivity index (χ1) is 18.5. The van der Waals surface area contributed by atoms with Crippen molar-refractivity contribution in [2.45, 2.75) is 50.4 Å². The Morgan fingerprint density at radius 3 is 2.77 bits per heavy atom. The van der Waals surface area contributed by atoms with Crippen LogP contribution in [0.25, 0.3) is 10.6 Å². The van der Waals surface area contributed by atoms with Gasteiger partial charge in [0.25, 0.3) is 0 Å². The summed E-state index contributed by atoms with van der Waals surface area (Å²) in [5, 5.41) is 6.51. The number of hydrogen-bond donors (Lipinski definition) is 2. The van der Waals surface area contributed by atoms with Gasteiger partial charge in [0.05, 0.1) is 38.8 Å². The van der Waals surface area contributed by atoms with E-state index < -0.39 is 27.7 Å². The average molecular weight is 582 g/mol. The molecule has 0 bridgehead atoms. The molecule has 4 heterocycles. The van der Waals surface area contributed by atoms with Gasteiger partial charge in [-0.15, -0.1) is 11.3 Å². The van der Waals surface area contributed by atoms with Crippen LogP contribution in [0.2, 0.25) is 0 Å². The molecule has 2 atom stereocenters. The number of thiophene rings is 1. The average Bonchev–Trinajstić information content (AvgIpc) is 3.31. The molecule has 5 rings (SSSR count). The highest BCUT2D eigenvalue weighted by atomic mass is 32.2. The van der Waals surface area contributed by atoms with Crippen molar-refractivity contribution >= 4 is 38.5 Å². The lowest BCUT2D eigenvalue weighted by atomic mass is 10.1. The second-order valence-electron chi connectivity index (χ2n) is 9.75. The Kier molecular flexibility index (Phi) is 7.61. The van der Waals surface area contributed by atoms with E-state index in [9.17, 15) is 21.6 Å². The third-order valence-electron chi connectivity index (χ3n) is 6.93. The number of nitrogens with one attached hydrogen (secondary N) is 2. The SMILES string of the molecule is CCc1cc(N2CCNC(C)C2)ccc1Nc1ncc(C(F)(F)F)c(-c2cc3c(s2)C(C)OCCS3(=O)=O)n1. The van der Waals surface area contributed by atoms with Gasteiger partial charge in [0, 0.05) is 43.2 Å². The van der Waals surface area contributed by atoms with Gasteiger partial charge in [-0.05, 0) is 50.1 Å². The lowest BCUT2D eigenvalue weighted by Crippen LogP contribution is -2.49. The van der Waals surface area contributed by atoms with Crippen LogP contribution in [0, 0.1) is 0 Å². The zero-order valence-corrected chi connectivity index (χ0v) is 23.4. The van der Waals surface area contributed by atoms with E-state index in [-0.39, 0.29) is 33.8 Å². The number of anilines is 3. The molecule has 1 saturated heterocycles. The number of fused-ring (bicyclic) bond motifs is 1. The van der Waals surface area contributed by atoms with Crippen molar-refractivity contribution < 1.29 is 26.3 Å². The van der Waals surface area contributed by atoms with Crippen LogP contribution in [0.4, 0.5) is 30.5 Å². The molecule has 0 saturated carbocycles. The van der Waals surface area contributed by atoms with Crippen LogP contribution in [0.1, 0.15) is 42.9 Å². The molecular weight excluding hydrogens is 551 g/mol. The molecule has 2 unspecified atom stereocenters. The van der Waals surface area contributed by atoms with E-state index in [1.165, 1.54) is 6.07 Å². The van der Waals surface area contributed by atoms with E-state index >= 15 is 0 Å². The molecule has 39 heavy (non-hydrogen) atoms. The maximum Gasteiger partial charge on any atom is 0.420 e. The van der Waals surface area contributed by atoms with Crippen LogP contribution < -0.4 is 15.5 Å². The van der Waals surface area contributed by atoms with Gasteiger partial charge in [0.15, 0.2) is 9.84 Å². The molecule has 210 valence electrons. The normalized spacial score (nSPS) is 21.3. The number of benzene rings is 1. The van der Waals surface area contributed by atoms with Crippen LogP contribution in [-0.2, 0) is 27.2 Å². The quantitative estimate of drug-likeness (QED) is 0.425. The highest BCUT2D eigenvalue weighted by molar-refractivity contribution is 7.91. The Morgan fingerprint density at radius 2 is 2.05 bits per heavy atom. The van der Waals surface area contributed by atoms with Crippen molar-refractivity contribution in [3.63, 3.8) is 0 Å². The van der Waals surface area contributed by atoms with Crippen LogP contribution >= 0.6 is 11.3 Å². The van der Waals surface area contributed by atoms with Crippen molar-refractivity contribution in [2.75, 3.05) is 42.2 Å². The van der Waals surface area contributed by atoms with Gasteiger partial charge < -0.3 is 20.3 Å². The molecule has 2 aliphatic heterocycles. The number of alkyl halides is 3. The van der Waals surface area contributed by atoms with Crippen LogP contribution in [0.3, 0.4) is 0 Å². The summed E-state index contributed by atoms with van der Waals surface area (Å²) in [4.78, 5) is 11.0. The van der Waals surface area contributed by atoms with E-state index in [1.807, 2.05) is 19.1 Å². The van der Waals surface area contributed by atoms with Crippen LogP contribution in [0.5, 0.6) is 0 Å². The molecule has 0 aliphatic carbocycles. The topological polar surface area (TPSA) is 96.5 Å². The minimum absolute atomic E-state index is 0.000153. The summed E-state index contributed by atoms with van der Waals surface area (Å²) < 4.78 is 73.0. The van der Waals surface area contributed by atoms with Crippen molar-refractivity contribution in [2.24, 2.45) is 0 Å². The number of sulfone groups is 1. The van der Waals surface area contributed by atoms with Gasteiger partial charge in [-0.1, -0.05) is 6.92 Å². The van der Waals surface area contributed by atoms with Gasteiger partial charge in [-0.25, -0.2) is 18.4 Å². The third-order valence-corrected chi connectivity index (χ3v) is 10.1. The van der Waals surface area contributed by atoms with Crippen molar-refractivity contribution in [1.82, 2.24) is 15.3 Å². The molecule has 3 aromatic rings. The number of ether oxygens (including phenoxy) is 1. The first-order valence-electron chi connectivity index (χ1n) is 12.8. The Balaban J connectivity index is 1.52. The van der Waals surface area contributed by atoms with E-state index in [2.05, 4.69) is 38.5 Å². The van der Waals surface area contributed by atoms with E-state index in [0.29, 0.717) is 23.0 Å². The monoisotopic (exact) mass is 581 g/mol. The molecule has 13 heteroatoms. The second-order valence-corrected chi connectivity index (χ2v) is 12.9. The smallest absolute Gasteiger partial charge is 0.372 e. The number of nitrogens with zero attached hydrogens (tertiary/aromatic N) is 3. The zero-order chi connectivity index (χ0) is 27.9. The summed E-state index contributed by atoms with van der Waals surface area (Å²) in [6, 6.07) is 7.60. The molecule has 2 aliphatic rings. The van der Waals surface area contributed by atoms with Crippen molar-refractivity contribution in [1.29, 1.82) is 0 Å². The standard InChI is InChI=1S/C26H30F3N5O3S2/c1-4-17-11-18(34-8-7-30-15(2)14-34)5-6-20(17)32-25-31-13-19(26(27,28)29)23(33-25)21-12-22-24(38-21)16(3)37-9-10-39(22,35)36/h5-6,11-13,15-16,30H,4,7-10,14H2,1-3H3,(H,31,32,33). The summed E-state index contributed by atoms with van der Waals surface area (Å²) in [6.45, 7) is 8.52. The largest absolute Gasteiger partial charge is 0.420 e. The fraction of sp³-hybridized carbons (Fsp3) is 0.462. The fourth-order valence-corrected chi connectivity index (χ4v) is 7.81. The highest BCUT2D eigenvalue weighted by Gasteiger charge is 2.37. The summed E-state index contributed by atoms with van der Waals surface area (Å²) in [7, 11) is -3.69. The van der Waals surface area contributed by atoms with Gasteiger partial charge >= 0.3 is 6.18 Å². The number of piperazine rings is 1. The van der Waals surface area contributed by atoms with E-state index in [1.54, 1.807) is 6.92 Å². The molecule has 0 spiro atoms. The van der Waals surface area contributed by atoms with Crippen LogP contribution in [-0.4, -0.2) is 56.4 Å². The molecule has 0 amide bonds. The molecule has 1 aromatic carbocycles. The predicted octanol–water partition coefficient (Wildman–Crippen LogP) is 5.19. The Hall–Kier alpha value is -2.74. The highest BCUT2D eigenvalue weighted by Crippen LogP contribution is 2.44. The van der Waals surface area contributed by atoms with Gasteiger partial charge in [-0.3, -0.25) is 0 Å². The fourth-order valence-electron chi connectivity index (χ4n) is 4.87. The van der Waals surface area contributed by atoms with Gasteiger partial charge in [-0.2, -0.15) is 13.2 Å². The Labute approximate surface area is 229 Å². The minimum atomic E-state index is -4.73. The Morgan fingerprint density at radius 1 is 1.26 bits per heavy atom. The predicted molar refractivity (Wildman–Crippen MR) is 146 cm³/mol. The van der Waals surface area contributed by atoms with E-state index in [0.717, 1.165) is 48.4 Å². The summed E-state index contributed by atoms with van der Waals surface area (Å²) in [5.74, 6) is -0.238. The van der Waals surface area contributed by atoms with Crippen LogP contribution in [0.15, 0.2) is 35.4 Å². The molecule has 1 fully saturated rings. The maximum absolute atomic E-state index is 14.0. The summed E-state index contributed by atoms with van der Waals surface area (Å²) >= 11 is 0.950. The van der Waals surface area contributed by atoms with Gasteiger partial charge in [0.2, 0.25) is 5.95 Å². The van der Waals surface area contributed by atoms with E-state index in [4.69, 9.17) is 4.74 Å². The maximum atomic E-state index is 14.0. The summed E-state index contributed by atoms with van der Waals surface area (Å²) in [6.07, 6.45) is -3.85. The third kappa shape index (κ3) is 5.76. The summed E-state index contributed by atoms with van der Waals surface area (Å²) in [5.41, 5.74) is 1.35. The zero-order valence-electron chi connectivity index (χ0n) is 21.8. The van der Waals surface area contributed by atoms with Gasteiger partial charge in [0.1, 0.15) is 5.56 Å². The molecular formula is C26H30F3N5O3S2. The molecule has 8 nitrogen and oxygen atoms in total. The van der Waals surface area contributed by atoms with Crippen molar-refractivity contribution in [3.8, 4) is 10.6 Å². The number of hydrogen-bond acceptors (Lipinski definition) is 9. The first kappa shape index (κ1) is 27.8. The Bertz CT molecular complexity index is 1480. The minimum Gasteiger partial charge on any atom is -0.372 e. The number of aromatic nitrogens is 2. The molecule has 0 radical (unpaired) electrons. The second kappa shape index (κ2) is 10.7.